The zero-order chi connectivity index (χ0) is 21.6. The maximum absolute atomic E-state index is 15.0. The second-order valence-electron chi connectivity index (χ2n) is 8.29. The van der Waals surface area contributed by atoms with Gasteiger partial charge >= 0.3 is 0 Å². The molecular weight excluding hydrogens is 397 g/mol. The van der Waals surface area contributed by atoms with Gasteiger partial charge in [-0.2, -0.15) is 5.10 Å². The van der Waals surface area contributed by atoms with Crippen LogP contribution in [0.3, 0.4) is 0 Å². The third-order valence-corrected chi connectivity index (χ3v) is 6.27. The molecular formula is C23H24FN5O2. The van der Waals surface area contributed by atoms with Crippen molar-refractivity contribution in [1.29, 1.82) is 0 Å². The Kier molecular flexibility index (Phi) is 4.74. The van der Waals surface area contributed by atoms with Gasteiger partial charge in [0, 0.05) is 38.6 Å². The molecule has 2 heterocycles. The Bertz CT molecular complexity index is 1180. The summed E-state index contributed by atoms with van der Waals surface area (Å²) in [6, 6.07) is 10.5. The summed E-state index contributed by atoms with van der Waals surface area (Å²) in [5.74, 6) is -0.931. The average Bonchev–Trinajstić information content (AvgIpc) is 3.46. The van der Waals surface area contributed by atoms with Gasteiger partial charge in [0.1, 0.15) is 5.82 Å². The van der Waals surface area contributed by atoms with Crippen molar-refractivity contribution in [2.24, 2.45) is 7.05 Å². The van der Waals surface area contributed by atoms with Gasteiger partial charge in [0.25, 0.3) is 5.91 Å². The first kappa shape index (κ1) is 19.7. The third kappa shape index (κ3) is 3.57. The van der Waals surface area contributed by atoms with Crippen molar-refractivity contribution in [3.05, 3.63) is 54.0 Å². The molecule has 160 valence electrons. The van der Waals surface area contributed by atoms with Crippen LogP contribution in [0.5, 0.6) is 0 Å². The largest absolute Gasteiger partial charge is 0.353 e. The number of carbonyl (C=O) groups excluding carboxylic acids is 2. The number of aryl methyl sites for hydroxylation is 1. The molecule has 1 aliphatic carbocycles. The number of nitrogens with zero attached hydrogens (tertiary/aromatic N) is 3. The lowest BCUT2D eigenvalue weighted by Gasteiger charge is -2.22. The van der Waals surface area contributed by atoms with Crippen LogP contribution >= 0.6 is 0 Å². The minimum Gasteiger partial charge on any atom is -0.353 e. The van der Waals surface area contributed by atoms with Crippen molar-refractivity contribution in [2.45, 2.75) is 18.4 Å². The minimum atomic E-state index is -0.553. The predicted octanol–water partition coefficient (Wildman–Crippen LogP) is 2.07. The summed E-state index contributed by atoms with van der Waals surface area (Å²) in [4.78, 5) is 26.8. The van der Waals surface area contributed by atoms with E-state index in [-0.39, 0.29) is 17.4 Å². The molecule has 1 aromatic heterocycles. The van der Waals surface area contributed by atoms with E-state index in [4.69, 9.17) is 0 Å². The molecule has 31 heavy (non-hydrogen) atoms. The van der Waals surface area contributed by atoms with E-state index < -0.39 is 11.4 Å². The smallest absolute Gasteiger partial charge is 0.256 e. The van der Waals surface area contributed by atoms with E-state index in [2.05, 4.69) is 15.7 Å². The molecule has 2 N–H and O–H groups in total. The van der Waals surface area contributed by atoms with Crippen LogP contribution < -0.4 is 10.6 Å². The van der Waals surface area contributed by atoms with E-state index in [1.807, 2.05) is 25.2 Å². The van der Waals surface area contributed by atoms with E-state index in [0.29, 0.717) is 31.7 Å². The number of aromatic nitrogens is 2. The van der Waals surface area contributed by atoms with Crippen LogP contribution in [0.4, 0.5) is 4.39 Å². The van der Waals surface area contributed by atoms with E-state index in [1.165, 1.54) is 6.07 Å². The van der Waals surface area contributed by atoms with Crippen molar-refractivity contribution < 1.29 is 14.0 Å². The van der Waals surface area contributed by atoms with Gasteiger partial charge in [-0.05, 0) is 42.2 Å². The first-order valence-electron chi connectivity index (χ1n) is 10.5. The molecule has 0 atom stereocenters. The maximum atomic E-state index is 15.0. The normalized spacial score (nSPS) is 18.4. The molecule has 2 amide bonds. The summed E-state index contributed by atoms with van der Waals surface area (Å²) in [7, 11) is 1.86. The molecule has 1 aliphatic heterocycles. The SMILES string of the molecule is Cn1ncc2ccc(-c3ccc(C(=O)N4CCNC(=O)C5(CC5)NCC4)c(F)c3)cc21. The monoisotopic (exact) mass is 421 g/mol. The molecule has 1 saturated carbocycles. The Morgan fingerprint density at radius 2 is 1.84 bits per heavy atom. The Morgan fingerprint density at radius 1 is 1.10 bits per heavy atom. The van der Waals surface area contributed by atoms with E-state index in [1.54, 1.807) is 27.9 Å². The van der Waals surface area contributed by atoms with Crippen LogP contribution in [0.2, 0.25) is 0 Å². The van der Waals surface area contributed by atoms with Gasteiger partial charge in [-0.1, -0.05) is 18.2 Å². The quantitative estimate of drug-likeness (QED) is 0.664. The van der Waals surface area contributed by atoms with Crippen molar-refractivity contribution in [2.75, 3.05) is 26.2 Å². The lowest BCUT2D eigenvalue weighted by atomic mass is 10.0. The second-order valence-corrected chi connectivity index (χ2v) is 8.29. The Hall–Kier alpha value is -3.26. The maximum Gasteiger partial charge on any atom is 0.256 e. The standard InChI is InChI=1S/C23H24FN5O2/c1-28-20-13-16(2-3-17(20)14-27-28)15-4-5-18(19(24)12-15)21(30)29-10-8-25-22(31)23(6-7-23)26-9-11-29/h2-5,12-14,26H,6-11H2,1H3,(H,25,31). The van der Waals surface area contributed by atoms with Crippen LogP contribution in [-0.2, 0) is 11.8 Å². The van der Waals surface area contributed by atoms with E-state index >= 15 is 0 Å². The van der Waals surface area contributed by atoms with E-state index in [9.17, 15) is 14.0 Å². The summed E-state index contributed by atoms with van der Waals surface area (Å²) < 4.78 is 16.8. The fourth-order valence-electron chi connectivity index (χ4n) is 4.19. The summed E-state index contributed by atoms with van der Waals surface area (Å²) in [6.07, 6.45) is 3.41. The van der Waals surface area contributed by atoms with Crippen LogP contribution in [0.1, 0.15) is 23.2 Å². The highest BCUT2D eigenvalue weighted by Gasteiger charge is 2.49. The second kappa shape index (κ2) is 7.46. The molecule has 1 saturated heterocycles. The molecule has 7 nitrogen and oxygen atoms in total. The Balaban J connectivity index is 1.36. The van der Waals surface area contributed by atoms with Gasteiger partial charge in [0.15, 0.2) is 0 Å². The molecule has 2 aliphatic rings. The van der Waals surface area contributed by atoms with Crippen molar-refractivity contribution in [3.8, 4) is 11.1 Å². The fraction of sp³-hybridized carbons (Fsp3) is 0.348. The van der Waals surface area contributed by atoms with Crippen LogP contribution in [0.15, 0.2) is 42.6 Å². The number of carbonyl (C=O) groups is 2. The van der Waals surface area contributed by atoms with Crippen molar-refractivity contribution >= 4 is 22.7 Å². The van der Waals surface area contributed by atoms with Crippen molar-refractivity contribution in [3.63, 3.8) is 0 Å². The number of amides is 2. The van der Waals surface area contributed by atoms with Gasteiger partial charge in [0.05, 0.1) is 22.8 Å². The van der Waals surface area contributed by atoms with Gasteiger partial charge < -0.3 is 15.5 Å². The molecule has 0 bridgehead atoms. The fourth-order valence-corrected chi connectivity index (χ4v) is 4.19. The van der Waals surface area contributed by atoms with Crippen LogP contribution in [0, 0.1) is 5.82 Å². The predicted molar refractivity (Wildman–Crippen MR) is 115 cm³/mol. The summed E-state index contributed by atoms with van der Waals surface area (Å²) in [5, 5.41) is 11.4. The van der Waals surface area contributed by atoms with Crippen LogP contribution in [-0.4, -0.2) is 58.2 Å². The molecule has 5 rings (SSSR count). The third-order valence-electron chi connectivity index (χ3n) is 6.27. The lowest BCUT2D eigenvalue weighted by molar-refractivity contribution is -0.124. The number of rotatable bonds is 2. The highest BCUT2D eigenvalue weighted by molar-refractivity contribution is 5.95. The molecule has 0 unspecified atom stereocenters. The number of hydrogen-bond acceptors (Lipinski definition) is 4. The lowest BCUT2D eigenvalue weighted by Crippen LogP contribution is -2.46. The molecule has 2 aromatic carbocycles. The van der Waals surface area contributed by atoms with Gasteiger partial charge in [-0.25, -0.2) is 4.39 Å². The summed E-state index contributed by atoms with van der Waals surface area (Å²) in [5.41, 5.74) is 2.08. The zero-order valence-corrected chi connectivity index (χ0v) is 17.3. The molecule has 8 heteroatoms. The zero-order valence-electron chi connectivity index (χ0n) is 17.3. The first-order chi connectivity index (χ1) is 15.0. The highest BCUT2D eigenvalue weighted by atomic mass is 19.1. The van der Waals surface area contributed by atoms with Gasteiger partial charge in [-0.15, -0.1) is 0 Å². The Morgan fingerprint density at radius 3 is 2.61 bits per heavy atom. The minimum absolute atomic E-state index is 0.0114. The number of halogens is 1. The first-order valence-corrected chi connectivity index (χ1v) is 10.5. The number of fused-ring (bicyclic) bond motifs is 1. The van der Waals surface area contributed by atoms with Crippen LogP contribution in [0.25, 0.3) is 22.0 Å². The molecule has 1 spiro atoms. The molecule has 2 fully saturated rings. The number of hydrogen-bond donors (Lipinski definition) is 2. The Labute approximate surface area is 179 Å². The van der Waals surface area contributed by atoms with Gasteiger partial charge in [0.2, 0.25) is 5.91 Å². The van der Waals surface area contributed by atoms with Gasteiger partial charge in [-0.3, -0.25) is 14.3 Å². The summed E-state index contributed by atoms with van der Waals surface area (Å²) >= 11 is 0. The number of nitrogens with one attached hydrogen (secondary N) is 2. The highest BCUT2D eigenvalue weighted by Crippen LogP contribution is 2.35. The molecule has 0 radical (unpaired) electrons. The average molecular weight is 421 g/mol. The van der Waals surface area contributed by atoms with Crippen molar-refractivity contribution in [1.82, 2.24) is 25.3 Å². The molecule has 3 aromatic rings. The van der Waals surface area contributed by atoms with E-state index in [0.717, 1.165) is 29.3 Å². The topological polar surface area (TPSA) is 79.3 Å². The summed E-state index contributed by atoms with van der Waals surface area (Å²) in [6.45, 7) is 1.64. The number of benzene rings is 2.